The van der Waals surface area contributed by atoms with Gasteiger partial charge in [0.15, 0.2) is 17.8 Å². The van der Waals surface area contributed by atoms with E-state index in [2.05, 4.69) is 30.7 Å². The number of aromatic nitrogens is 4. The predicted octanol–water partition coefficient (Wildman–Crippen LogP) is 2.53. The minimum atomic E-state index is -0.220. The van der Waals surface area contributed by atoms with Crippen LogP contribution in [-0.4, -0.2) is 15.0 Å². The molecule has 0 aliphatic carbocycles. The Morgan fingerprint density at radius 1 is 1.17 bits per heavy atom. The lowest BCUT2D eigenvalue weighted by atomic mass is 9.90. The molecule has 3 aromatic heterocycles. The van der Waals surface area contributed by atoms with Crippen molar-refractivity contribution >= 4 is 10.9 Å². The van der Waals surface area contributed by atoms with Crippen LogP contribution in [0.25, 0.3) is 22.3 Å². The lowest BCUT2D eigenvalue weighted by molar-refractivity contribution is -0.603. The molecule has 0 unspecified atom stereocenters. The lowest BCUT2D eigenvalue weighted by Crippen LogP contribution is -2.25. The monoisotopic (exact) mass is 324 g/mol. The zero-order valence-electron chi connectivity index (χ0n) is 14.5. The first kappa shape index (κ1) is 16.1. The topological polar surface area (TPSA) is 85.6 Å². The van der Waals surface area contributed by atoms with Gasteiger partial charge in [0, 0.05) is 17.5 Å². The molecule has 3 rings (SSSR count). The van der Waals surface area contributed by atoms with Gasteiger partial charge >= 0.3 is 0 Å². The average molecular weight is 324 g/mol. The molecule has 0 aliphatic rings. The molecule has 0 atom stereocenters. The lowest BCUT2D eigenvalue weighted by Gasteiger charge is -2.21. The van der Waals surface area contributed by atoms with Crippen molar-refractivity contribution in [2.45, 2.75) is 40.0 Å². The van der Waals surface area contributed by atoms with Crippen LogP contribution in [0.3, 0.4) is 0 Å². The number of pyridine rings is 2. The number of nitrogens with one attached hydrogen (secondary N) is 1. The number of aryl methyl sites for hydroxylation is 2. The highest BCUT2D eigenvalue weighted by Gasteiger charge is 2.21. The predicted molar refractivity (Wildman–Crippen MR) is 92.7 cm³/mol. The number of hydrogen-bond donors (Lipinski definition) is 1. The van der Waals surface area contributed by atoms with Gasteiger partial charge in [-0.3, -0.25) is 9.78 Å². The van der Waals surface area contributed by atoms with Crippen LogP contribution < -0.4 is 10.2 Å². The molecule has 0 amide bonds. The Kier molecular flexibility index (Phi) is 3.63. The summed E-state index contributed by atoms with van der Waals surface area (Å²) in [6.45, 7) is 10.1. The summed E-state index contributed by atoms with van der Waals surface area (Å²) < 4.78 is 0.616. The molecular formula is C18H20N4O2. The third-order valence-electron chi connectivity index (χ3n) is 3.95. The molecule has 0 fully saturated rings. The number of hydrogen-bond acceptors (Lipinski definition) is 4. The van der Waals surface area contributed by atoms with E-state index in [0.717, 1.165) is 17.1 Å². The Hall–Kier alpha value is -2.76. The summed E-state index contributed by atoms with van der Waals surface area (Å²) in [7, 11) is 0. The summed E-state index contributed by atoms with van der Waals surface area (Å²) in [6.07, 6.45) is 2.62. The van der Waals surface area contributed by atoms with Crippen LogP contribution >= 0.6 is 0 Å². The maximum Gasteiger partial charge on any atom is 0.196 e. The Morgan fingerprint density at radius 2 is 1.88 bits per heavy atom. The number of fused-ring (bicyclic) bond motifs is 1. The number of aromatic amines is 1. The molecule has 3 aromatic rings. The Labute approximate surface area is 139 Å². The molecule has 0 spiro atoms. The van der Waals surface area contributed by atoms with Crippen LogP contribution in [-0.2, 0) is 5.41 Å². The largest absolute Gasteiger partial charge is 0.619 e. The zero-order valence-corrected chi connectivity index (χ0v) is 14.5. The van der Waals surface area contributed by atoms with Crippen LogP contribution in [0.4, 0.5) is 0 Å². The first-order valence-electron chi connectivity index (χ1n) is 7.79. The van der Waals surface area contributed by atoms with Crippen LogP contribution in [0.1, 0.15) is 37.9 Å². The summed E-state index contributed by atoms with van der Waals surface area (Å²) in [5.74, 6) is 0. The van der Waals surface area contributed by atoms with Crippen molar-refractivity contribution in [2.75, 3.05) is 0 Å². The van der Waals surface area contributed by atoms with Gasteiger partial charge in [0.25, 0.3) is 0 Å². The van der Waals surface area contributed by atoms with Gasteiger partial charge < -0.3 is 10.2 Å². The Balaban J connectivity index is 2.23. The van der Waals surface area contributed by atoms with Gasteiger partial charge in [0.05, 0.1) is 28.3 Å². The Bertz CT molecular complexity index is 1000. The van der Waals surface area contributed by atoms with E-state index < -0.39 is 0 Å². The summed E-state index contributed by atoms with van der Waals surface area (Å²) >= 11 is 0. The van der Waals surface area contributed by atoms with Crippen LogP contribution in [0, 0.1) is 19.1 Å². The van der Waals surface area contributed by atoms with Crippen molar-refractivity contribution < 1.29 is 4.73 Å². The standard InChI is InChI=1S/C18H20N4O2/c1-10-16(19-11(2)17(20-10)18(3,4)5)14-8-15(23)12-9-22(24)7-6-13(12)21-14/h6-9H,1-5H3,(H,21,23). The SMILES string of the molecule is Cc1nc(C(C)(C)C)c(C)nc1-c1cc(=O)c2c[n+]([O-])ccc2[nH]1. The van der Waals surface area contributed by atoms with Crippen LogP contribution in [0.5, 0.6) is 0 Å². The quantitative estimate of drug-likeness (QED) is 0.550. The van der Waals surface area contributed by atoms with Crippen LogP contribution in [0.15, 0.2) is 29.3 Å². The maximum atomic E-state index is 12.3. The molecule has 6 heteroatoms. The third kappa shape index (κ3) is 2.75. The second-order valence-corrected chi connectivity index (χ2v) is 7.02. The Morgan fingerprint density at radius 3 is 2.54 bits per heavy atom. The van der Waals surface area contributed by atoms with Crippen molar-refractivity contribution in [1.82, 2.24) is 15.0 Å². The van der Waals surface area contributed by atoms with Gasteiger partial charge in [0.2, 0.25) is 0 Å². The van der Waals surface area contributed by atoms with Gasteiger partial charge in [-0.2, -0.15) is 4.73 Å². The average Bonchev–Trinajstić information content (AvgIpc) is 2.48. The van der Waals surface area contributed by atoms with Gasteiger partial charge in [-0.25, -0.2) is 4.98 Å². The van der Waals surface area contributed by atoms with E-state index in [1.807, 2.05) is 13.8 Å². The van der Waals surface area contributed by atoms with E-state index in [0.29, 0.717) is 27.0 Å². The first-order chi connectivity index (χ1) is 11.2. The zero-order chi connectivity index (χ0) is 17.6. The number of nitrogens with zero attached hydrogens (tertiary/aromatic N) is 3. The third-order valence-corrected chi connectivity index (χ3v) is 3.95. The van der Waals surface area contributed by atoms with Gasteiger partial charge in [-0.05, 0) is 13.8 Å². The molecule has 0 bridgehead atoms. The molecule has 6 nitrogen and oxygen atoms in total. The molecule has 1 N–H and O–H groups in total. The fourth-order valence-corrected chi connectivity index (χ4v) is 2.87. The van der Waals surface area contributed by atoms with E-state index in [1.165, 1.54) is 18.5 Å². The summed E-state index contributed by atoms with van der Waals surface area (Å²) in [5, 5.41) is 11.7. The molecule has 0 aliphatic heterocycles. The second kappa shape index (κ2) is 5.40. The van der Waals surface area contributed by atoms with Gasteiger partial charge in [-0.15, -0.1) is 0 Å². The highest BCUT2D eigenvalue weighted by atomic mass is 16.5. The normalized spacial score (nSPS) is 11.9. The molecule has 0 radical (unpaired) electrons. The molecule has 124 valence electrons. The van der Waals surface area contributed by atoms with Crippen molar-refractivity contribution in [3.8, 4) is 11.4 Å². The number of rotatable bonds is 1. The van der Waals surface area contributed by atoms with Crippen molar-refractivity contribution in [3.05, 3.63) is 57.0 Å². The fourth-order valence-electron chi connectivity index (χ4n) is 2.87. The van der Waals surface area contributed by atoms with Crippen LogP contribution in [0.2, 0.25) is 0 Å². The molecule has 0 saturated carbocycles. The second-order valence-electron chi connectivity index (χ2n) is 7.02. The van der Waals surface area contributed by atoms with E-state index in [9.17, 15) is 10.0 Å². The fraction of sp³-hybridized carbons (Fsp3) is 0.333. The van der Waals surface area contributed by atoms with Gasteiger partial charge in [0.1, 0.15) is 11.1 Å². The van der Waals surface area contributed by atoms with Gasteiger partial charge in [-0.1, -0.05) is 20.8 Å². The smallest absolute Gasteiger partial charge is 0.196 e. The minimum absolute atomic E-state index is 0.0983. The summed E-state index contributed by atoms with van der Waals surface area (Å²) in [5.41, 5.74) is 4.08. The maximum absolute atomic E-state index is 12.3. The molecule has 0 saturated heterocycles. The summed E-state index contributed by atoms with van der Waals surface area (Å²) in [4.78, 5) is 24.9. The minimum Gasteiger partial charge on any atom is -0.619 e. The molecule has 24 heavy (non-hydrogen) atoms. The highest BCUT2D eigenvalue weighted by molar-refractivity contribution is 5.79. The van der Waals surface area contributed by atoms with E-state index in [4.69, 9.17) is 4.98 Å². The van der Waals surface area contributed by atoms with Crippen molar-refractivity contribution in [3.63, 3.8) is 0 Å². The summed E-state index contributed by atoms with van der Waals surface area (Å²) in [6, 6.07) is 3.06. The molecule has 0 aromatic carbocycles. The molecule has 3 heterocycles. The van der Waals surface area contributed by atoms with Crippen molar-refractivity contribution in [2.24, 2.45) is 0 Å². The van der Waals surface area contributed by atoms with E-state index in [-0.39, 0.29) is 10.8 Å². The first-order valence-corrected chi connectivity index (χ1v) is 7.79. The van der Waals surface area contributed by atoms with E-state index in [1.54, 1.807) is 6.07 Å². The van der Waals surface area contributed by atoms with Crippen molar-refractivity contribution in [1.29, 1.82) is 0 Å². The molecular weight excluding hydrogens is 304 g/mol. The van der Waals surface area contributed by atoms with E-state index >= 15 is 0 Å². The number of H-pyrrole nitrogens is 1. The highest BCUT2D eigenvalue weighted by Crippen LogP contribution is 2.26.